The van der Waals surface area contributed by atoms with E-state index in [2.05, 4.69) is 20.8 Å². The van der Waals surface area contributed by atoms with Crippen LogP contribution in [0.3, 0.4) is 0 Å². The largest absolute Gasteiger partial charge is 0.350 e. The molecule has 0 spiro atoms. The van der Waals surface area contributed by atoms with Gasteiger partial charge in [0.15, 0.2) is 5.69 Å². The molecule has 1 saturated heterocycles. The minimum atomic E-state index is -0.0219. The third-order valence-corrected chi connectivity index (χ3v) is 3.44. The highest BCUT2D eigenvalue weighted by atomic mass is 16.1. The van der Waals surface area contributed by atoms with Crippen LogP contribution in [0.15, 0.2) is 0 Å². The highest BCUT2D eigenvalue weighted by Crippen LogP contribution is 2.22. The molecule has 86 valence electrons. The van der Waals surface area contributed by atoms with Crippen molar-refractivity contribution < 1.29 is 4.79 Å². The van der Waals surface area contributed by atoms with Gasteiger partial charge in [-0.1, -0.05) is 0 Å². The Morgan fingerprint density at radius 2 is 2.31 bits per heavy atom. The molecule has 1 aliphatic heterocycles. The number of fused-ring (bicyclic) bond motifs is 1. The number of aryl methyl sites for hydroxylation is 1. The SMILES string of the molecule is O=C(NCC1CNC1)c1n[nH]c2c1CCC2. The molecule has 0 unspecified atom stereocenters. The second kappa shape index (κ2) is 3.90. The summed E-state index contributed by atoms with van der Waals surface area (Å²) in [7, 11) is 0. The van der Waals surface area contributed by atoms with Crippen LogP contribution in [0.1, 0.15) is 28.2 Å². The van der Waals surface area contributed by atoms with Crippen molar-refractivity contribution in [2.24, 2.45) is 5.92 Å². The van der Waals surface area contributed by atoms with Gasteiger partial charge in [0.25, 0.3) is 5.91 Å². The Balaban J connectivity index is 1.64. The van der Waals surface area contributed by atoms with Crippen LogP contribution in [0.5, 0.6) is 0 Å². The molecule has 1 aliphatic carbocycles. The smallest absolute Gasteiger partial charge is 0.272 e. The van der Waals surface area contributed by atoms with Crippen molar-refractivity contribution in [1.82, 2.24) is 20.8 Å². The first-order valence-corrected chi connectivity index (χ1v) is 5.89. The van der Waals surface area contributed by atoms with E-state index in [1.54, 1.807) is 0 Å². The van der Waals surface area contributed by atoms with E-state index in [9.17, 15) is 4.79 Å². The Hall–Kier alpha value is -1.36. The van der Waals surface area contributed by atoms with Gasteiger partial charge in [-0.05, 0) is 19.3 Å². The van der Waals surface area contributed by atoms with Gasteiger partial charge in [-0.3, -0.25) is 9.89 Å². The van der Waals surface area contributed by atoms with E-state index in [0.717, 1.165) is 50.2 Å². The predicted octanol–water partition coefficient (Wildman–Crippen LogP) is -0.152. The lowest BCUT2D eigenvalue weighted by atomic mass is 10.0. The van der Waals surface area contributed by atoms with E-state index in [1.165, 1.54) is 0 Å². The molecule has 1 amide bonds. The lowest BCUT2D eigenvalue weighted by Crippen LogP contribution is -2.48. The molecule has 1 fully saturated rings. The molecule has 3 N–H and O–H groups in total. The van der Waals surface area contributed by atoms with Crippen molar-refractivity contribution in [1.29, 1.82) is 0 Å². The molecule has 2 aliphatic rings. The van der Waals surface area contributed by atoms with Gasteiger partial charge in [0, 0.05) is 36.8 Å². The molecule has 0 radical (unpaired) electrons. The van der Waals surface area contributed by atoms with E-state index < -0.39 is 0 Å². The van der Waals surface area contributed by atoms with Crippen LogP contribution in [0.4, 0.5) is 0 Å². The maximum absolute atomic E-state index is 11.9. The fraction of sp³-hybridized carbons (Fsp3) is 0.636. The molecular weight excluding hydrogens is 204 g/mol. The summed E-state index contributed by atoms with van der Waals surface area (Å²) in [6, 6.07) is 0. The summed E-state index contributed by atoms with van der Waals surface area (Å²) < 4.78 is 0. The molecule has 0 saturated carbocycles. The van der Waals surface area contributed by atoms with Gasteiger partial charge >= 0.3 is 0 Å². The van der Waals surface area contributed by atoms with E-state index >= 15 is 0 Å². The van der Waals surface area contributed by atoms with Crippen molar-refractivity contribution in [3.05, 3.63) is 17.0 Å². The Morgan fingerprint density at radius 3 is 3.06 bits per heavy atom. The van der Waals surface area contributed by atoms with Gasteiger partial charge in [0.1, 0.15) is 0 Å². The van der Waals surface area contributed by atoms with Crippen molar-refractivity contribution in [2.45, 2.75) is 19.3 Å². The number of nitrogens with one attached hydrogen (secondary N) is 3. The second-order valence-corrected chi connectivity index (χ2v) is 4.62. The number of rotatable bonds is 3. The van der Waals surface area contributed by atoms with Crippen molar-refractivity contribution >= 4 is 5.91 Å². The van der Waals surface area contributed by atoms with E-state index in [1.807, 2.05) is 0 Å². The minimum Gasteiger partial charge on any atom is -0.350 e. The maximum atomic E-state index is 11.9. The molecular formula is C11H16N4O. The summed E-state index contributed by atoms with van der Waals surface area (Å²) >= 11 is 0. The van der Waals surface area contributed by atoms with Gasteiger partial charge < -0.3 is 10.6 Å². The topological polar surface area (TPSA) is 69.8 Å². The fourth-order valence-corrected chi connectivity index (χ4v) is 2.32. The van der Waals surface area contributed by atoms with Crippen molar-refractivity contribution in [3.8, 4) is 0 Å². The molecule has 0 aromatic carbocycles. The standard InChI is InChI=1S/C11H16N4O/c16-11(13-6-7-4-12-5-7)10-8-2-1-3-9(8)14-15-10/h7,12H,1-6H2,(H,13,16)(H,14,15). The Labute approximate surface area is 94.0 Å². The highest BCUT2D eigenvalue weighted by Gasteiger charge is 2.24. The average Bonchev–Trinajstić information content (AvgIpc) is 2.74. The van der Waals surface area contributed by atoms with E-state index in [-0.39, 0.29) is 5.91 Å². The number of carbonyl (C=O) groups excluding carboxylic acids is 1. The first-order chi connectivity index (χ1) is 7.84. The second-order valence-electron chi connectivity index (χ2n) is 4.62. The van der Waals surface area contributed by atoms with Crippen LogP contribution in [-0.2, 0) is 12.8 Å². The highest BCUT2D eigenvalue weighted by molar-refractivity contribution is 5.94. The summed E-state index contributed by atoms with van der Waals surface area (Å²) in [6.07, 6.45) is 3.15. The maximum Gasteiger partial charge on any atom is 0.272 e. The molecule has 2 heterocycles. The lowest BCUT2D eigenvalue weighted by molar-refractivity contribution is 0.0936. The van der Waals surface area contributed by atoms with E-state index in [0.29, 0.717) is 11.6 Å². The quantitative estimate of drug-likeness (QED) is 0.663. The number of aromatic amines is 1. The number of carbonyl (C=O) groups is 1. The Kier molecular flexibility index (Phi) is 2.40. The molecule has 5 nitrogen and oxygen atoms in total. The third kappa shape index (κ3) is 1.61. The first kappa shape index (κ1) is 9.84. The zero-order valence-corrected chi connectivity index (χ0v) is 9.18. The van der Waals surface area contributed by atoms with Crippen LogP contribution in [0, 0.1) is 5.92 Å². The molecule has 0 bridgehead atoms. The van der Waals surface area contributed by atoms with Crippen LogP contribution in [-0.4, -0.2) is 35.7 Å². The minimum absolute atomic E-state index is 0.0219. The monoisotopic (exact) mass is 220 g/mol. The Bertz CT molecular complexity index is 408. The molecule has 16 heavy (non-hydrogen) atoms. The number of H-pyrrole nitrogens is 1. The zero-order chi connectivity index (χ0) is 11.0. The van der Waals surface area contributed by atoms with Crippen molar-refractivity contribution in [2.75, 3.05) is 19.6 Å². The van der Waals surface area contributed by atoms with Gasteiger partial charge in [0.05, 0.1) is 0 Å². The zero-order valence-electron chi connectivity index (χ0n) is 9.18. The lowest BCUT2D eigenvalue weighted by Gasteiger charge is -2.26. The summed E-state index contributed by atoms with van der Waals surface area (Å²) in [5.74, 6) is 0.572. The molecule has 1 aromatic heterocycles. The number of hydrogen-bond donors (Lipinski definition) is 3. The normalized spacial score (nSPS) is 19.2. The molecule has 1 aromatic rings. The number of amides is 1. The summed E-state index contributed by atoms with van der Waals surface area (Å²) in [4.78, 5) is 11.9. The predicted molar refractivity (Wildman–Crippen MR) is 59.3 cm³/mol. The number of aromatic nitrogens is 2. The van der Waals surface area contributed by atoms with Crippen LogP contribution >= 0.6 is 0 Å². The third-order valence-electron chi connectivity index (χ3n) is 3.44. The first-order valence-electron chi connectivity index (χ1n) is 5.89. The van der Waals surface area contributed by atoms with Crippen molar-refractivity contribution in [3.63, 3.8) is 0 Å². The van der Waals surface area contributed by atoms with Gasteiger partial charge in [-0.2, -0.15) is 5.10 Å². The fourth-order valence-electron chi connectivity index (χ4n) is 2.32. The summed E-state index contributed by atoms with van der Waals surface area (Å²) in [5.41, 5.74) is 2.89. The molecule has 5 heteroatoms. The van der Waals surface area contributed by atoms with Crippen LogP contribution < -0.4 is 10.6 Å². The Morgan fingerprint density at radius 1 is 1.44 bits per heavy atom. The van der Waals surface area contributed by atoms with Crippen LogP contribution in [0.2, 0.25) is 0 Å². The molecule has 0 atom stereocenters. The molecule has 3 rings (SSSR count). The van der Waals surface area contributed by atoms with Gasteiger partial charge in [-0.25, -0.2) is 0 Å². The van der Waals surface area contributed by atoms with Gasteiger partial charge in [-0.15, -0.1) is 0 Å². The van der Waals surface area contributed by atoms with Gasteiger partial charge in [0.2, 0.25) is 0 Å². The number of hydrogen-bond acceptors (Lipinski definition) is 3. The summed E-state index contributed by atoms with van der Waals surface area (Å²) in [6.45, 7) is 2.78. The van der Waals surface area contributed by atoms with Crippen LogP contribution in [0.25, 0.3) is 0 Å². The van der Waals surface area contributed by atoms with E-state index in [4.69, 9.17) is 0 Å². The number of nitrogens with zero attached hydrogens (tertiary/aromatic N) is 1. The average molecular weight is 220 g/mol. The summed E-state index contributed by atoms with van der Waals surface area (Å²) in [5, 5.41) is 13.2.